The van der Waals surface area contributed by atoms with E-state index in [0.29, 0.717) is 11.6 Å². The van der Waals surface area contributed by atoms with Crippen molar-refractivity contribution in [3.8, 4) is 6.07 Å². The molecule has 4 aromatic carbocycles. The van der Waals surface area contributed by atoms with E-state index in [0.717, 1.165) is 33.3 Å². The summed E-state index contributed by atoms with van der Waals surface area (Å²) in [6.07, 6.45) is 1.77. The molecule has 2 heterocycles. The molecule has 1 fully saturated rings. The van der Waals surface area contributed by atoms with Gasteiger partial charge in [0.2, 0.25) is 17.8 Å². The number of amides is 2. The number of anilines is 2. The summed E-state index contributed by atoms with van der Waals surface area (Å²) < 4.78 is 0. The first-order chi connectivity index (χ1) is 20.1. The Hall–Kier alpha value is -5.55. The van der Waals surface area contributed by atoms with E-state index < -0.39 is 17.3 Å². The van der Waals surface area contributed by atoms with E-state index in [1.807, 2.05) is 72.8 Å². The number of aromatic nitrogens is 2. The van der Waals surface area contributed by atoms with Crippen molar-refractivity contribution in [1.82, 2.24) is 9.97 Å². The lowest BCUT2D eigenvalue weighted by Crippen LogP contribution is -2.54. The van der Waals surface area contributed by atoms with Gasteiger partial charge in [0.25, 0.3) is 0 Å². The molecule has 0 spiro atoms. The van der Waals surface area contributed by atoms with Crippen LogP contribution in [0.5, 0.6) is 0 Å². The number of aromatic amines is 1. The maximum Gasteiger partial charge on any atom is 0.239 e. The molecule has 41 heavy (non-hydrogen) atoms. The number of carbonyl (C=O) groups excluding carboxylic acids is 2. The Balaban J connectivity index is 1.33. The number of rotatable bonds is 4. The molecule has 0 saturated carbocycles. The Bertz CT molecular complexity index is 1900. The number of imide groups is 1. The highest BCUT2D eigenvalue weighted by molar-refractivity contribution is 6.25. The fourth-order valence-corrected chi connectivity index (χ4v) is 7.25. The Morgan fingerprint density at radius 3 is 2.27 bits per heavy atom. The third-order valence-corrected chi connectivity index (χ3v) is 8.78. The van der Waals surface area contributed by atoms with Crippen molar-refractivity contribution < 1.29 is 9.59 Å². The predicted molar refractivity (Wildman–Crippen MR) is 154 cm³/mol. The molecule has 2 bridgehead atoms. The molecule has 8 nitrogen and oxygen atoms in total. The van der Waals surface area contributed by atoms with Gasteiger partial charge in [0, 0.05) is 12.1 Å². The van der Waals surface area contributed by atoms with Crippen molar-refractivity contribution in [1.29, 1.82) is 5.26 Å². The van der Waals surface area contributed by atoms with Gasteiger partial charge in [-0.1, -0.05) is 72.8 Å². The summed E-state index contributed by atoms with van der Waals surface area (Å²) in [6.45, 7) is 0. The molecular weight excluding hydrogens is 512 g/mol. The minimum Gasteiger partial charge on any atom is -0.323 e. The quantitative estimate of drug-likeness (QED) is 0.190. The number of carbonyl (C=O) groups is 2. The second kappa shape index (κ2) is 8.47. The number of nitrogens with one attached hydrogen (secondary N) is 2. The number of para-hydroxylation sites is 3. The van der Waals surface area contributed by atoms with Crippen LogP contribution in [0.2, 0.25) is 0 Å². The van der Waals surface area contributed by atoms with Gasteiger partial charge in [-0.3, -0.25) is 9.59 Å². The van der Waals surface area contributed by atoms with E-state index in [1.165, 1.54) is 4.90 Å². The number of H-pyrrole nitrogens is 1. The molecule has 3 aliphatic carbocycles. The van der Waals surface area contributed by atoms with E-state index in [-0.39, 0.29) is 23.3 Å². The fraction of sp³-hybridized carbons (Fsp3) is 0.121. The summed E-state index contributed by atoms with van der Waals surface area (Å²) in [5.41, 5.74) is 8.24. The van der Waals surface area contributed by atoms with Crippen LogP contribution in [0.4, 0.5) is 11.6 Å². The van der Waals surface area contributed by atoms with Gasteiger partial charge >= 0.3 is 0 Å². The number of hydrazone groups is 1. The fourth-order valence-electron chi connectivity index (χ4n) is 7.25. The highest BCUT2D eigenvalue weighted by atomic mass is 16.2. The largest absolute Gasteiger partial charge is 0.323 e. The maximum absolute atomic E-state index is 14.5. The topological polar surface area (TPSA) is 114 Å². The number of fused-ring (bicyclic) bond motifs is 1. The van der Waals surface area contributed by atoms with Gasteiger partial charge in [0.05, 0.1) is 39.5 Å². The SMILES string of the molecule is N#Cc1ccccc1N1C(=O)[C@@H]2C3c4ccccc4C(/C=N\Nc4nc5ccccc5[nH]4)(c4ccccc43)[C@@H]2C1=O. The summed E-state index contributed by atoms with van der Waals surface area (Å²) >= 11 is 0. The summed E-state index contributed by atoms with van der Waals surface area (Å²) in [6, 6.07) is 32.6. The predicted octanol–water partition coefficient (Wildman–Crippen LogP) is 5.08. The lowest BCUT2D eigenvalue weighted by Gasteiger charge is -2.52. The molecule has 196 valence electrons. The third-order valence-electron chi connectivity index (χ3n) is 8.78. The summed E-state index contributed by atoms with van der Waals surface area (Å²) in [5.74, 6) is -1.82. The Morgan fingerprint density at radius 2 is 1.54 bits per heavy atom. The molecule has 0 radical (unpaired) electrons. The lowest BCUT2D eigenvalue weighted by molar-refractivity contribution is -0.122. The molecule has 2 atom stereocenters. The number of nitriles is 1. The monoisotopic (exact) mass is 534 g/mol. The van der Waals surface area contributed by atoms with E-state index in [4.69, 9.17) is 0 Å². The highest BCUT2D eigenvalue weighted by Gasteiger charge is 2.68. The van der Waals surface area contributed by atoms with Gasteiger partial charge < -0.3 is 4.98 Å². The number of imidazole rings is 1. The van der Waals surface area contributed by atoms with Crippen molar-refractivity contribution in [2.24, 2.45) is 16.9 Å². The Morgan fingerprint density at radius 1 is 0.878 bits per heavy atom. The van der Waals surface area contributed by atoms with Crippen molar-refractivity contribution in [2.45, 2.75) is 11.3 Å². The smallest absolute Gasteiger partial charge is 0.239 e. The zero-order valence-corrected chi connectivity index (χ0v) is 21.7. The number of nitrogens with zero attached hydrogens (tertiary/aromatic N) is 4. The maximum atomic E-state index is 14.5. The van der Waals surface area contributed by atoms with Gasteiger partial charge in [0.1, 0.15) is 6.07 Å². The van der Waals surface area contributed by atoms with Crippen molar-refractivity contribution in [3.05, 3.63) is 125 Å². The molecule has 9 rings (SSSR count). The standard InChI is InChI=1S/C33H22N6O2/c34-17-19-9-1-8-16-26(19)39-30(40)28-27-20-10-2-4-12-22(20)33(29(28)31(39)41,23-13-5-3-11-21(23)27)18-35-38-32-36-24-14-6-7-15-25(24)37-32/h1-16,18,27-29H,(H2,36,37,38)/b35-18-/t27?,28-,29+,33?/m1/s1. The van der Waals surface area contributed by atoms with Crippen molar-refractivity contribution in [3.63, 3.8) is 0 Å². The van der Waals surface area contributed by atoms with Gasteiger partial charge in [-0.25, -0.2) is 15.3 Å². The van der Waals surface area contributed by atoms with Gasteiger partial charge in [0.15, 0.2) is 0 Å². The van der Waals surface area contributed by atoms with Crippen LogP contribution >= 0.6 is 0 Å². The Kier molecular flexibility index (Phi) is 4.82. The first kappa shape index (κ1) is 23.3. The molecule has 8 heteroatoms. The first-order valence-corrected chi connectivity index (χ1v) is 13.4. The minimum atomic E-state index is -1.02. The van der Waals surface area contributed by atoms with Gasteiger partial charge in [-0.2, -0.15) is 10.4 Å². The van der Waals surface area contributed by atoms with Gasteiger partial charge in [-0.15, -0.1) is 0 Å². The van der Waals surface area contributed by atoms with Crippen LogP contribution < -0.4 is 10.3 Å². The number of benzene rings is 4. The molecule has 2 N–H and O–H groups in total. The Labute approximate surface area is 235 Å². The summed E-state index contributed by atoms with van der Waals surface area (Å²) in [5, 5.41) is 14.5. The van der Waals surface area contributed by atoms with E-state index in [2.05, 4.69) is 26.6 Å². The van der Waals surface area contributed by atoms with E-state index in [1.54, 1.807) is 30.5 Å². The molecule has 1 aromatic heterocycles. The molecule has 2 amide bonds. The van der Waals surface area contributed by atoms with Crippen LogP contribution in [0, 0.1) is 23.2 Å². The first-order valence-electron chi connectivity index (χ1n) is 13.4. The van der Waals surface area contributed by atoms with Crippen LogP contribution in [0.3, 0.4) is 0 Å². The van der Waals surface area contributed by atoms with Crippen molar-refractivity contribution in [2.75, 3.05) is 10.3 Å². The van der Waals surface area contributed by atoms with Crippen LogP contribution in [-0.4, -0.2) is 28.0 Å². The molecule has 4 aliphatic rings. The number of hydrogen-bond donors (Lipinski definition) is 2. The number of hydrogen-bond acceptors (Lipinski definition) is 6. The molecule has 1 aliphatic heterocycles. The van der Waals surface area contributed by atoms with E-state index >= 15 is 0 Å². The molecule has 0 unspecified atom stereocenters. The summed E-state index contributed by atoms with van der Waals surface area (Å²) in [4.78, 5) is 37.8. The average molecular weight is 535 g/mol. The van der Waals surface area contributed by atoms with Crippen LogP contribution in [0.25, 0.3) is 11.0 Å². The van der Waals surface area contributed by atoms with Crippen molar-refractivity contribution >= 4 is 40.7 Å². The summed E-state index contributed by atoms with van der Waals surface area (Å²) in [7, 11) is 0. The second-order valence-corrected chi connectivity index (χ2v) is 10.6. The lowest BCUT2D eigenvalue weighted by atomic mass is 9.47. The zero-order valence-electron chi connectivity index (χ0n) is 21.7. The second-order valence-electron chi connectivity index (χ2n) is 10.6. The minimum absolute atomic E-state index is 0.282. The molecule has 5 aromatic rings. The van der Waals surface area contributed by atoms with Gasteiger partial charge in [-0.05, 0) is 46.5 Å². The third kappa shape index (κ3) is 3.03. The van der Waals surface area contributed by atoms with Crippen LogP contribution in [0.1, 0.15) is 33.7 Å². The average Bonchev–Trinajstić information content (AvgIpc) is 3.55. The highest BCUT2D eigenvalue weighted by Crippen LogP contribution is 2.63. The van der Waals surface area contributed by atoms with Crippen LogP contribution in [0.15, 0.2) is 102 Å². The van der Waals surface area contributed by atoms with E-state index in [9.17, 15) is 14.9 Å². The molecular formula is C33H22N6O2. The zero-order chi connectivity index (χ0) is 27.7. The molecule has 1 saturated heterocycles. The van der Waals surface area contributed by atoms with Crippen LogP contribution in [-0.2, 0) is 15.0 Å². The normalized spacial score (nSPS) is 23.9.